The number of carbonyl (C=O) groups is 2. The highest BCUT2D eigenvalue weighted by molar-refractivity contribution is 14.1. The largest absolute Gasteiger partial charge is 0.322 e. The van der Waals surface area contributed by atoms with Gasteiger partial charge in [0.25, 0.3) is 5.91 Å². The topological polar surface area (TPSA) is 49.4 Å². The van der Waals surface area contributed by atoms with E-state index in [1.807, 2.05) is 12.1 Å². The fraction of sp³-hybridized carbons (Fsp3) is 0.176. The number of hydrogen-bond acceptors (Lipinski definition) is 2. The van der Waals surface area contributed by atoms with Crippen molar-refractivity contribution in [2.45, 2.75) is 12.8 Å². The maximum Gasteiger partial charge on any atom is 0.255 e. The molecule has 0 radical (unpaired) electrons. The summed E-state index contributed by atoms with van der Waals surface area (Å²) in [5, 5.41) is 3.28. The van der Waals surface area contributed by atoms with Crippen LogP contribution in [0.4, 0.5) is 11.4 Å². The fourth-order valence-corrected chi connectivity index (χ4v) is 3.15. The summed E-state index contributed by atoms with van der Waals surface area (Å²) in [6, 6.07) is 12.5. The van der Waals surface area contributed by atoms with Crippen LogP contribution in [-0.2, 0) is 4.79 Å². The third-order valence-corrected chi connectivity index (χ3v) is 4.70. The van der Waals surface area contributed by atoms with E-state index in [-0.39, 0.29) is 11.8 Å². The molecule has 2 aromatic carbocycles. The zero-order valence-corrected chi connectivity index (χ0v) is 15.1. The summed E-state index contributed by atoms with van der Waals surface area (Å²) in [5.41, 5.74) is 1.88. The Balaban J connectivity index is 1.76. The number of anilines is 2. The molecule has 0 aromatic heterocycles. The van der Waals surface area contributed by atoms with Crippen LogP contribution in [0.15, 0.2) is 42.5 Å². The van der Waals surface area contributed by atoms with Crippen molar-refractivity contribution in [1.29, 1.82) is 0 Å². The lowest BCUT2D eigenvalue weighted by Crippen LogP contribution is -2.24. The molecular formula is C17H14ClIN2O2. The maximum absolute atomic E-state index is 12.2. The highest BCUT2D eigenvalue weighted by Crippen LogP contribution is 2.31. The molecule has 4 nitrogen and oxygen atoms in total. The van der Waals surface area contributed by atoms with Gasteiger partial charge in [-0.05, 0) is 71.5 Å². The van der Waals surface area contributed by atoms with Crippen LogP contribution in [0.5, 0.6) is 0 Å². The molecule has 0 spiro atoms. The lowest BCUT2D eigenvalue weighted by molar-refractivity contribution is -0.117. The average molecular weight is 441 g/mol. The molecule has 3 rings (SSSR count). The van der Waals surface area contributed by atoms with Crippen molar-refractivity contribution in [2.24, 2.45) is 0 Å². The molecule has 1 N–H and O–H groups in total. The second-order valence-electron chi connectivity index (χ2n) is 5.28. The number of benzene rings is 2. The van der Waals surface area contributed by atoms with Crippen LogP contribution in [-0.4, -0.2) is 18.4 Å². The van der Waals surface area contributed by atoms with Crippen LogP contribution >= 0.6 is 34.2 Å². The normalized spacial score (nSPS) is 14.2. The first-order valence-corrected chi connectivity index (χ1v) is 8.67. The van der Waals surface area contributed by atoms with Gasteiger partial charge in [0, 0.05) is 27.8 Å². The van der Waals surface area contributed by atoms with E-state index in [2.05, 4.69) is 27.9 Å². The predicted molar refractivity (Wildman–Crippen MR) is 100 cm³/mol. The van der Waals surface area contributed by atoms with Crippen molar-refractivity contribution >= 4 is 57.4 Å². The molecule has 1 heterocycles. The minimum Gasteiger partial charge on any atom is -0.322 e. The SMILES string of the molecule is O=C(Nc1ccc(N2CCCC2=O)c(Cl)c1)c1ccc(I)cc1. The number of carbonyl (C=O) groups excluding carboxylic acids is 2. The second-order valence-corrected chi connectivity index (χ2v) is 6.93. The summed E-state index contributed by atoms with van der Waals surface area (Å²) >= 11 is 8.47. The average Bonchev–Trinajstić information content (AvgIpc) is 2.94. The third-order valence-electron chi connectivity index (χ3n) is 3.68. The van der Waals surface area contributed by atoms with Crippen LogP contribution in [0.3, 0.4) is 0 Å². The van der Waals surface area contributed by atoms with Crippen LogP contribution in [0, 0.1) is 3.57 Å². The number of rotatable bonds is 3. The van der Waals surface area contributed by atoms with E-state index < -0.39 is 0 Å². The Morgan fingerprint density at radius 1 is 1.17 bits per heavy atom. The van der Waals surface area contributed by atoms with Crippen molar-refractivity contribution in [2.75, 3.05) is 16.8 Å². The Morgan fingerprint density at radius 3 is 2.52 bits per heavy atom. The van der Waals surface area contributed by atoms with E-state index in [0.29, 0.717) is 34.9 Å². The number of amides is 2. The van der Waals surface area contributed by atoms with Gasteiger partial charge in [0.2, 0.25) is 5.91 Å². The first kappa shape index (κ1) is 16.3. The number of halogens is 2. The number of nitrogens with zero attached hydrogens (tertiary/aromatic N) is 1. The maximum atomic E-state index is 12.2. The standard InChI is InChI=1S/C17H14ClIN2O2/c18-14-10-13(7-8-15(14)21-9-1-2-16(21)22)20-17(23)11-3-5-12(19)6-4-11/h3-8,10H,1-2,9H2,(H,20,23). The van der Waals surface area contributed by atoms with E-state index in [1.165, 1.54) is 0 Å². The predicted octanol–water partition coefficient (Wildman–Crippen LogP) is 4.32. The lowest BCUT2D eigenvalue weighted by Gasteiger charge is -2.18. The van der Waals surface area contributed by atoms with Crippen LogP contribution in [0.2, 0.25) is 5.02 Å². The zero-order chi connectivity index (χ0) is 16.4. The molecule has 0 unspecified atom stereocenters. The third kappa shape index (κ3) is 3.67. The van der Waals surface area contributed by atoms with E-state index in [9.17, 15) is 9.59 Å². The summed E-state index contributed by atoms with van der Waals surface area (Å²) in [6.07, 6.45) is 1.40. The summed E-state index contributed by atoms with van der Waals surface area (Å²) in [7, 11) is 0. The fourth-order valence-electron chi connectivity index (χ4n) is 2.51. The molecular weight excluding hydrogens is 427 g/mol. The highest BCUT2D eigenvalue weighted by atomic mass is 127. The second kappa shape index (κ2) is 6.88. The molecule has 1 fully saturated rings. The lowest BCUT2D eigenvalue weighted by atomic mass is 10.2. The van der Waals surface area contributed by atoms with Gasteiger partial charge in [-0.2, -0.15) is 0 Å². The molecule has 118 valence electrons. The first-order valence-electron chi connectivity index (χ1n) is 7.21. The number of nitrogens with one attached hydrogen (secondary N) is 1. The minimum absolute atomic E-state index is 0.0857. The van der Waals surface area contributed by atoms with Gasteiger partial charge in [-0.1, -0.05) is 11.6 Å². The van der Waals surface area contributed by atoms with E-state index in [1.54, 1.807) is 35.2 Å². The Morgan fingerprint density at radius 2 is 1.91 bits per heavy atom. The highest BCUT2D eigenvalue weighted by Gasteiger charge is 2.23. The van der Waals surface area contributed by atoms with E-state index in [4.69, 9.17) is 11.6 Å². The van der Waals surface area contributed by atoms with E-state index >= 15 is 0 Å². The Bertz CT molecular complexity index is 762. The van der Waals surface area contributed by atoms with Crippen LogP contribution in [0.1, 0.15) is 23.2 Å². The van der Waals surface area contributed by atoms with Gasteiger partial charge in [0.1, 0.15) is 0 Å². The monoisotopic (exact) mass is 440 g/mol. The van der Waals surface area contributed by atoms with Crippen LogP contribution < -0.4 is 10.2 Å². The number of hydrogen-bond donors (Lipinski definition) is 1. The summed E-state index contributed by atoms with van der Waals surface area (Å²) in [4.78, 5) is 25.7. The molecule has 23 heavy (non-hydrogen) atoms. The van der Waals surface area contributed by atoms with Gasteiger partial charge in [-0.15, -0.1) is 0 Å². The molecule has 6 heteroatoms. The molecule has 1 aliphatic rings. The Hall–Kier alpha value is -1.60. The molecule has 0 bridgehead atoms. The van der Waals surface area contributed by atoms with Gasteiger partial charge < -0.3 is 10.2 Å². The van der Waals surface area contributed by atoms with Gasteiger partial charge in [-0.25, -0.2) is 0 Å². The quantitative estimate of drug-likeness (QED) is 0.723. The first-order chi connectivity index (χ1) is 11.0. The molecule has 0 saturated carbocycles. The summed E-state index contributed by atoms with van der Waals surface area (Å²) in [5.74, 6) is -0.106. The van der Waals surface area contributed by atoms with Gasteiger partial charge in [0.15, 0.2) is 0 Å². The van der Waals surface area contributed by atoms with Crippen molar-refractivity contribution in [1.82, 2.24) is 0 Å². The summed E-state index contributed by atoms with van der Waals surface area (Å²) < 4.78 is 1.07. The molecule has 1 saturated heterocycles. The van der Waals surface area contributed by atoms with Crippen molar-refractivity contribution in [3.63, 3.8) is 0 Å². The van der Waals surface area contributed by atoms with E-state index in [0.717, 1.165) is 9.99 Å². The molecule has 1 aliphatic heterocycles. The Labute approximate surface area is 153 Å². The molecule has 2 aromatic rings. The summed E-state index contributed by atoms with van der Waals surface area (Å²) in [6.45, 7) is 0.687. The van der Waals surface area contributed by atoms with Crippen molar-refractivity contribution < 1.29 is 9.59 Å². The van der Waals surface area contributed by atoms with Gasteiger partial charge >= 0.3 is 0 Å². The van der Waals surface area contributed by atoms with Gasteiger partial charge in [0.05, 0.1) is 10.7 Å². The molecule has 2 amide bonds. The zero-order valence-electron chi connectivity index (χ0n) is 12.2. The minimum atomic E-state index is -0.192. The van der Waals surface area contributed by atoms with Crippen LogP contribution in [0.25, 0.3) is 0 Å². The smallest absolute Gasteiger partial charge is 0.255 e. The van der Waals surface area contributed by atoms with Crippen molar-refractivity contribution in [3.8, 4) is 0 Å². The molecule has 0 atom stereocenters. The Kier molecular flexibility index (Phi) is 4.87. The van der Waals surface area contributed by atoms with Gasteiger partial charge in [-0.3, -0.25) is 9.59 Å². The van der Waals surface area contributed by atoms with Crippen molar-refractivity contribution in [3.05, 3.63) is 56.6 Å². The molecule has 0 aliphatic carbocycles.